The largest absolute Gasteiger partial charge is 0.433 e. The maximum absolute atomic E-state index is 12.7. The van der Waals surface area contributed by atoms with E-state index in [4.69, 9.17) is 0 Å². The monoisotopic (exact) mass is 421 g/mol. The van der Waals surface area contributed by atoms with E-state index >= 15 is 0 Å². The second kappa shape index (κ2) is 7.72. The van der Waals surface area contributed by atoms with Gasteiger partial charge >= 0.3 is 6.18 Å². The highest BCUT2D eigenvalue weighted by atomic mass is 32.1. The Balaban J connectivity index is 1.60. The number of aliphatic hydroxyl groups is 1. The zero-order chi connectivity index (χ0) is 20.6. The molecule has 9 heteroatoms. The first kappa shape index (κ1) is 19.8. The Hall–Kier alpha value is -2.52. The lowest BCUT2D eigenvalue weighted by Crippen LogP contribution is -2.40. The van der Waals surface area contributed by atoms with Crippen LogP contribution < -0.4 is 5.32 Å². The number of pyridine rings is 2. The van der Waals surface area contributed by atoms with Gasteiger partial charge in [0.2, 0.25) is 0 Å². The Morgan fingerprint density at radius 3 is 2.76 bits per heavy atom. The molecule has 2 N–H and O–H groups in total. The maximum atomic E-state index is 12.7. The lowest BCUT2D eigenvalue weighted by Gasteiger charge is -2.16. The van der Waals surface area contributed by atoms with Gasteiger partial charge in [0.25, 0.3) is 5.91 Å². The number of thiophene rings is 1. The first-order valence-corrected chi connectivity index (χ1v) is 10.1. The molecule has 1 saturated carbocycles. The van der Waals surface area contributed by atoms with Gasteiger partial charge in [-0.3, -0.25) is 9.78 Å². The molecule has 3 heterocycles. The van der Waals surface area contributed by atoms with E-state index in [9.17, 15) is 23.1 Å². The summed E-state index contributed by atoms with van der Waals surface area (Å²) in [6, 6.07) is 5.52. The van der Waals surface area contributed by atoms with Crippen LogP contribution in [0.5, 0.6) is 0 Å². The summed E-state index contributed by atoms with van der Waals surface area (Å²) in [5.41, 5.74) is 1.35. The van der Waals surface area contributed by atoms with Crippen LogP contribution in [0.2, 0.25) is 0 Å². The highest BCUT2D eigenvalue weighted by Gasteiger charge is 2.32. The molecule has 0 unspecified atom stereocenters. The molecule has 0 saturated heterocycles. The third kappa shape index (κ3) is 4.25. The predicted molar refractivity (Wildman–Crippen MR) is 103 cm³/mol. The van der Waals surface area contributed by atoms with Crippen molar-refractivity contribution in [2.24, 2.45) is 0 Å². The van der Waals surface area contributed by atoms with E-state index in [0.29, 0.717) is 23.9 Å². The average Bonchev–Trinajstić information content (AvgIpc) is 3.30. The van der Waals surface area contributed by atoms with Gasteiger partial charge in [0.1, 0.15) is 11.4 Å². The Morgan fingerprint density at radius 2 is 2.10 bits per heavy atom. The highest BCUT2D eigenvalue weighted by Crippen LogP contribution is 2.29. The first-order valence-electron chi connectivity index (χ1n) is 9.19. The Morgan fingerprint density at radius 1 is 1.28 bits per heavy atom. The second-order valence-electron chi connectivity index (χ2n) is 7.11. The van der Waals surface area contributed by atoms with Crippen LogP contribution in [0.15, 0.2) is 35.8 Å². The van der Waals surface area contributed by atoms with Crippen molar-refractivity contribution in [1.82, 2.24) is 15.3 Å². The quantitative estimate of drug-likeness (QED) is 0.669. The molecule has 4 rings (SSSR count). The number of aliphatic hydroxyl groups excluding tert-OH is 1. The molecule has 0 aromatic carbocycles. The Kier molecular flexibility index (Phi) is 5.26. The number of hydrogen-bond acceptors (Lipinski definition) is 5. The molecule has 0 radical (unpaired) electrons. The standard InChI is InChI=1S/C20H18F3N3O2S/c21-20(22,23)17-5-4-11(10-24-17)8-12-9-15(25-14-6-7-29-18(12)14)19(28)26-13-2-1-3-16(13)27/h4-7,9-10,13,16,27H,1-3,8H2,(H,26,28)/t13-,16-/m1/s1. The summed E-state index contributed by atoms with van der Waals surface area (Å²) >= 11 is 1.46. The fourth-order valence-electron chi connectivity index (χ4n) is 3.54. The molecule has 2 atom stereocenters. The first-order chi connectivity index (χ1) is 13.8. The third-order valence-corrected chi connectivity index (χ3v) is 6.01. The lowest BCUT2D eigenvalue weighted by molar-refractivity contribution is -0.141. The van der Waals surface area contributed by atoms with E-state index in [2.05, 4.69) is 15.3 Å². The SMILES string of the molecule is O=C(N[C@@H]1CCC[C@H]1O)c1cc(Cc2ccc(C(F)(F)F)nc2)c2sccc2n1. The van der Waals surface area contributed by atoms with Crippen LogP contribution in [0.25, 0.3) is 10.2 Å². The average molecular weight is 421 g/mol. The van der Waals surface area contributed by atoms with Crippen LogP contribution in [-0.2, 0) is 12.6 Å². The number of fused-ring (bicyclic) bond motifs is 1. The number of aromatic nitrogens is 2. The van der Waals surface area contributed by atoms with Crippen LogP contribution in [0.1, 0.15) is 46.6 Å². The summed E-state index contributed by atoms with van der Waals surface area (Å²) in [4.78, 5) is 20.6. The summed E-state index contributed by atoms with van der Waals surface area (Å²) in [6.45, 7) is 0. The molecular weight excluding hydrogens is 403 g/mol. The number of alkyl halides is 3. The number of hydrogen-bond donors (Lipinski definition) is 2. The number of nitrogens with zero attached hydrogens (tertiary/aromatic N) is 2. The normalized spacial score (nSPS) is 19.6. The van der Waals surface area contributed by atoms with Gasteiger partial charge in [0, 0.05) is 12.6 Å². The third-order valence-electron chi connectivity index (χ3n) is 5.03. The smallest absolute Gasteiger partial charge is 0.391 e. The molecule has 0 bridgehead atoms. The summed E-state index contributed by atoms with van der Waals surface area (Å²) in [6.07, 6.45) is -1.26. The fraction of sp³-hybridized carbons (Fsp3) is 0.350. The molecule has 0 aliphatic heterocycles. The summed E-state index contributed by atoms with van der Waals surface area (Å²) in [7, 11) is 0. The van der Waals surface area contributed by atoms with E-state index in [0.717, 1.165) is 29.2 Å². The van der Waals surface area contributed by atoms with Crippen molar-refractivity contribution in [3.63, 3.8) is 0 Å². The maximum Gasteiger partial charge on any atom is 0.433 e. The summed E-state index contributed by atoms with van der Waals surface area (Å²) < 4.78 is 39.0. The van der Waals surface area contributed by atoms with Crippen molar-refractivity contribution >= 4 is 27.5 Å². The zero-order valence-electron chi connectivity index (χ0n) is 15.2. The summed E-state index contributed by atoms with van der Waals surface area (Å²) in [5.74, 6) is -0.365. The van der Waals surface area contributed by atoms with E-state index in [1.165, 1.54) is 23.6 Å². The van der Waals surface area contributed by atoms with E-state index in [1.807, 2.05) is 5.38 Å². The van der Waals surface area contributed by atoms with Crippen molar-refractivity contribution in [3.05, 3.63) is 58.4 Å². The molecular formula is C20H18F3N3O2S. The van der Waals surface area contributed by atoms with Crippen LogP contribution in [-0.4, -0.2) is 33.1 Å². The molecule has 29 heavy (non-hydrogen) atoms. The number of amides is 1. The molecule has 1 aliphatic carbocycles. The van der Waals surface area contributed by atoms with Crippen LogP contribution >= 0.6 is 11.3 Å². The van der Waals surface area contributed by atoms with Crippen molar-refractivity contribution in [3.8, 4) is 0 Å². The number of halogens is 3. The van der Waals surface area contributed by atoms with Crippen LogP contribution in [0.3, 0.4) is 0 Å². The van der Waals surface area contributed by atoms with Gasteiger partial charge in [-0.25, -0.2) is 4.98 Å². The molecule has 1 fully saturated rings. The highest BCUT2D eigenvalue weighted by molar-refractivity contribution is 7.17. The van der Waals surface area contributed by atoms with Crippen molar-refractivity contribution < 1.29 is 23.1 Å². The van der Waals surface area contributed by atoms with Crippen LogP contribution in [0, 0.1) is 0 Å². The fourth-order valence-corrected chi connectivity index (χ4v) is 4.39. The van der Waals surface area contributed by atoms with E-state index < -0.39 is 18.0 Å². The van der Waals surface area contributed by atoms with E-state index in [1.54, 1.807) is 12.1 Å². The molecule has 5 nitrogen and oxygen atoms in total. The molecule has 1 amide bonds. The van der Waals surface area contributed by atoms with Gasteiger partial charge in [-0.2, -0.15) is 13.2 Å². The Bertz CT molecular complexity index is 1030. The minimum Gasteiger partial charge on any atom is -0.391 e. The zero-order valence-corrected chi connectivity index (χ0v) is 16.1. The second-order valence-corrected chi connectivity index (χ2v) is 8.02. The molecule has 1 aliphatic rings. The summed E-state index contributed by atoms with van der Waals surface area (Å²) in [5, 5.41) is 14.6. The van der Waals surface area contributed by atoms with E-state index in [-0.39, 0.29) is 17.6 Å². The van der Waals surface area contributed by atoms with Gasteiger partial charge in [-0.15, -0.1) is 11.3 Å². The molecule has 3 aromatic rings. The number of carbonyl (C=O) groups excluding carboxylic acids is 1. The number of rotatable bonds is 4. The van der Waals surface area contributed by atoms with Crippen molar-refractivity contribution in [2.75, 3.05) is 0 Å². The van der Waals surface area contributed by atoms with Crippen LogP contribution in [0.4, 0.5) is 13.2 Å². The van der Waals surface area contributed by atoms with Gasteiger partial charge < -0.3 is 10.4 Å². The van der Waals surface area contributed by atoms with Gasteiger partial charge in [-0.1, -0.05) is 6.07 Å². The molecule has 0 spiro atoms. The van der Waals surface area contributed by atoms with Crippen molar-refractivity contribution in [2.45, 2.75) is 44.0 Å². The minimum atomic E-state index is -4.48. The molecule has 3 aromatic heterocycles. The lowest BCUT2D eigenvalue weighted by atomic mass is 10.1. The van der Waals surface area contributed by atoms with Gasteiger partial charge in [0.05, 0.1) is 22.4 Å². The molecule has 152 valence electrons. The topological polar surface area (TPSA) is 75.1 Å². The number of carbonyl (C=O) groups is 1. The van der Waals surface area contributed by atoms with Gasteiger partial charge in [-0.05, 0) is 54.0 Å². The minimum absolute atomic E-state index is 0.227. The number of nitrogens with one attached hydrogen (secondary N) is 1. The predicted octanol–water partition coefficient (Wildman–Crippen LogP) is 3.94. The van der Waals surface area contributed by atoms with Crippen molar-refractivity contribution in [1.29, 1.82) is 0 Å². The Labute approximate surface area is 168 Å². The van der Waals surface area contributed by atoms with Gasteiger partial charge in [0.15, 0.2) is 0 Å².